The third kappa shape index (κ3) is 7.22. The van der Waals surface area contributed by atoms with E-state index < -0.39 is 6.36 Å². The number of nitrogens with one attached hydrogen (secondary N) is 2. The molecule has 0 unspecified atom stereocenters. The van der Waals surface area contributed by atoms with Crippen LogP contribution in [0.3, 0.4) is 0 Å². The lowest BCUT2D eigenvalue weighted by Crippen LogP contribution is -2.17. The lowest BCUT2D eigenvalue weighted by molar-refractivity contribution is -0.274. The van der Waals surface area contributed by atoms with E-state index in [1.54, 1.807) is 24.3 Å². The fourth-order valence-electron chi connectivity index (χ4n) is 2.19. The predicted octanol–water partition coefficient (Wildman–Crippen LogP) is 5.18. The molecule has 13 heteroatoms. The molecule has 0 fully saturated rings. The summed E-state index contributed by atoms with van der Waals surface area (Å²) in [5.74, 6) is -1.13. The zero-order valence-corrected chi connectivity index (χ0v) is 18.5. The molecule has 2 aromatic carbocycles. The number of hydrogen-bond donors (Lipinski definition) is 2. The van der Waals surface area contributed by atoms with Crippen molar-refractivity contribution in [3.05, 3.63) is 58.6 Å². The SMILES string of the molecule is O=C(CSc1nnc(NC(=O)c2ccccc2Br)s1)Nc1ccc(OC(F)(F)F)cc1. The highest BCUT2D eigenvalue weighted by atomic mass is 79.9. The lowest BCUT2D eigenvalue weighted by atomic mass is 10.2. The fraction of sp³-hybridized carbons (Fsp3) is 0.111. The first kappa shape index (κ1) is 23.0. The number of nitrogens with zero attached hydrogens (tertiary/aromatic N) is 2. The molecular formula is C18H12BrF3N4O3S2. The second-order valence-corrected chi connectivity index (χ2v) is 8.77. The predicted molar refractivity (Wildman–Crippen MR) is 114 cm³/mol. The first-order valence-corrected chi connectivity index (χ1v) is 11.0. The molecule has 0 aliphatic heterocycles. The highest BCUT2D eigenvalue weighted by molar-refractivity contribution is 9.10. The first-order chi connectivity index (χ1) is 14.7. The maximum atomic E-state index is 12.3. The Morgan fingerprint density at radius 2 is 1.77 bits per heavy atom. The molecule has 1 aromatic heterocycles. The van der Waals surface area contributed by atoms with Crippen LogP contribution >= 0.6 is 39.0 Å². The highest BCUT2D eigenvalue weighted by Gasteiger charge is 2.31. The van der Waals surface area contributed by atoms with Crippen LogP contribution in [0.4, 0.5) is 24.0 Å². The Labute approximate surface area is 190 Å². The van der Waals surface area contributed by atoms with Gasteiger partial charge in [0.1, 0.15) is 5.75 Å². The number of carbonyl (C=O) groups is 2. The molecule has 2 N–H and O–H groups in total. The number of carbonyl (C=O) groups excluding carboxylic acids is 2. The molecule has 31 heavy (non-hydrogen) atoms. The molecule has 0 aliphatic carbocycles. The number of alkyl halides is 3. The van der Waals surface area contributed by atoms with Gasteiger partial charge in [-0.3, -0.25) is 14.9 Å². The van der Waals surface area contributed by atoms with Crippen molar-refractivity contribution in [1.82, 2.24) is 10.2 Å². The zero-order chi connectivity index (χ0) is 22.4. The second kappa shape index (κ2) is 10.1. The van der Waals surface area contributed by atoms with E-state index in [2.05, 4.69) is 41.5 Å². The summed E-state index contributed by atoms with van der Waals surface area (Å²) in [5, 5.41) is 13.3. The summed E-state index contributed by atoms with van der Waals surface area (Å²) in [6.45, 7) is 0. The number of ether oxygens (including phenoxy) is 1. The maximum absolute atomic E-state index is 12.3. The summed E-state index contributed by atoms with van der Waals surface area (Å²) < 4.78 is 41.4. The molecule has 2 amide bonds. The van der Waals surface area contributed by atoms with Crippen LogP contribution in [-0.2, 0) is 4.79 Å². The molecule has 0 atom stereocenters. The Hall–Kier alpha value is -2.64. The molecule has 3 rings (SSSR count). The van der Waals surface area contributed by atoms with Gasteiger partial charge in [0, 0.05) is 10.2 Å². The van der Waals surface area contributed by atoms with E-state index in [-0.39, 0.29) is 28.4 Å². The number of benzene rings is 2. The number of hydrogen-bond acceptors (Lipinski definition) is 7. The summed E-state index contributed by atoms with van der Waals surface area (Å²) >= 11 is 5.51. The van der Waals surface area contributed by atoms with Gasteiger partial charge in [0.25, 0.3) is 5.91 Å². The number of anilines is 2. The molecule has 0 saturated carbocycles. The molecule has 0 spiro atoms. The van der Waals surface area contributed by atoms with E-state index >= 15 is 0 Å². The number of thioether (sulfide) groups is 1. The minimum Gasteiger partial charge on any atom is -0.406 e. The van der Waals surface area contributed by atoms with Crippen LogP contribution in [0.5, 0.6) is 5.75 Å². The fourth-order valence-corrected chi connectivity index (χ4v) is 4.20. The zero-order valence-electron chi connectivity index (χ0n) is 15.3. The van der Waals surface area contributed by atoms with Gasteiger partial charge < -0.3 is 10.1 Å². The lowest BCUT2D eigenvalue weighted by Gasteiger charge is -2.09. The second-order valence-electron chi connectivity index (χ2n) is 5.72. The average molecular weight is 533 g/mol. The van der Waals surface area contributed by atoms with Crippen LogP contribution in [0.15, 0.2) is 57.3 Å². The van der Waals surface area contributed by atoms with E-state index in [0.29, 0.717) is 20.1 Å². The molecular weight excluding hydrogens is 521 g/mol. The van der Waals surface area contributed by atoms with Gasteiger partial charge in [0.15, 0.2) is 4.34 Å². The van der Waals surface area contributed by atoms with Crippen LogP contribution in [0.2, 0.25) is 0 Å². The Kier molecular flexibility index (Phi) is 7.51. The van der Waals surface area contributed by atoms with E-state index in [0.717, 1.165) is 35.2 Å². The Morgan fingerprint density at radius 3 is 2.45 bits per heavy atom. The van der Waals surface area contributed by atoms with Gasteiger partial charge in [0.05, 0.1) is 11.3 Å². The van der Waals surface area contributed by atoms with Gasteiger partial charge in [-0.1, -0.05) is 35.2 Å². The maximum Gasteiger partial charge on any atom is 0.573 e. The first-order valence-electron chi connectivity index (χ1n) is 8.37. The molecule has 0 saturated heterocycles. The van der Waals surface area contributed by atoms with Gasteiger partial charge in [0.2, 0.25) is 11.0 Å². The van der Waals surface area contributed by atoms with Gasteiger partial charge in [-0.05, 0) is 52.3 Å². The monoisotopic (exact) mass is 532 g/mol. The van der Waals surface area contributed by atoms with Crippen molar-refractivity contribution >= 4 is 61.7 Å². The molecule has 7 nitrogen and oxygen atoms in total. The Morgan fingerprint density at radius 1 is 1.06 bits per heavy atom. The molecule has 1 heterocycles. The minimum absolute atomic E-state index is 0.00633. The summed E-state index contributed by atoms with van der Waals surface area (Å²) in [6.07, 6.45) is -4.78. The van der Waals surface area contributed by atoms with Crippen LogP contribution < -0.4 is 15.4 Å². The van der Waals surface area contributed by atoms with Crippen molar-refractivity contribution in [2.24, 2.45) is 0 Å². The van der Waals surface area contributed by atoms with Gasteiger partial charge >= 0.3 is 6.36 Å². The number of aromatic nitrogens is 2. The van der Waals surface area contributed by atoms with Gasteiger partial charge in [-0.25, -0.2) is 0 Å². The molecule has 0 aliphatic rings. The summed E-state index contributed by atoms with van der Waals surface area (Å²) in [7, 11) is 0. The summed E-state index contributed by atoms with van der Waals surface area (Å²) in [6, 6.07) is 11.7. The summed E-state index contributed by atoms with van der Waals surface area (Å²) in [5.41, 5.74) is 0.761. The molecule has 0 bridgehead atoms. The largest absolute Gasteiger partial charge is 0.573 e. The van der Waals surface area contributed by atoms with Gasteiger partial charge in [-0.2, -0.15) is 0 Å². The highest BCUT2D eigenvalue weighted by Crippen LogP contribution is 2.27. The number of rotatable bonds is 7. The quantitative estimate of drug-likeness (QED) is 0.321. The number of amides is 2. The smallest absolute Gasteiger partial charge is 0.406 e. The van der Waals surface area contributed by atoms with E-state index in [1.165, 1.54) is 12.1 Å². The third-order valence-corrected chi connectivity index (χ3v) is 6.11. The Balaban J connectivity index is 1.48. The van der Waals surface area contributed by atoms with E-state index in [4.69, 9.17) is 0 Å². The van der Waals surface area contributed by atoms with Crippen molar-refractivity contribution in [3.8, 4) is 5.75 Å². The van der Waals surface area contributed by atoms with Crippen molar-refractivity contribution in [3.63, 3.8) is 0 Å². The average Bonchev–Trinajstić information content (AvgIpc) is 3.14. The number of halogens is 4. The normalized spacial score (nSPS) is 11.1. The molecule has 0 radical (unpaired) electrons. The van der Waals surface area contributed by atoms with Crippen LogP contribution in [0, 0.1) is 0 Å². The minimum atomic E-state index is -4.78. The van der Waals surface area contributed by atoms with Crippen molar-refractivity contribution in [2.45, 2.75) is 10.7 Å². The summed E-state index contributed by atoms with van der Waals surface area (Å²) in [4.78, 5) is 24.3. The van der Waals surface area contributed by atoms with Crippen molar-refractivity contribution in [1.29, 1.82) is 0 Å². The van der Waals surface area contributed by atoms with Crippen LogP contribution in [0.1, 0.15) is 10.4 Å². The Bertz CT molecular complexity index is 1080. The molecule has 162 valence electrons. The molecule has 3 aromatic rings. The van der Waals surface area contributed by atoms with Gasteiger partial charge in [-0.15, -0.1) is 23.4 Å². The standard InChI is InChI=1S/C18H12BrF3N4O3S2/c19-13-4-2-1-3-12(13)15(28)24-16-25-26-17(31-16)30-9-14(27)23-10-5-7-11(8-6-10)29-18(20,21)22/h1-8H,9H2,(H,23,27)(H,24,25,28). The van der Waals surface area contributed by atoms with Crippen LogP contribution in [-0.4, -0.2) is 34.1 Å². The van der Waals surface area contributed by atoms with E-state index in [9.17, 15) is 22.8 Å². The van der Waals surface area contributed by atoms with Crippen molar-refractivity contribution in [2.75, 3.05) is 16.4 Å². The van der Waals surface area contributed by atoms with E-state index in [1.807, 2.05) is 0 Å². The topological polar surface area (TPSA) is 93.2 Å². The third-order valence-electron chi connectivity index (χ3n) is 3.44. The van der Waals surface area contributed by atoms with Crippen LogP contribution in [0.25, 0.3) is 0 Å². The van der Waals surface area contributed by atoms with Crippen molar-refractivity contribution < 1.29 is 27.5 Å².